The minimum absolute atomic E-state index is 0.228. The molecule has 2 N–H and O–H groups in total. The van der Waals surface area contributed by atoms with Gasteiger partial charge >= 0.3 is 0 Å². The molecule has 10 heteroatoms. The molecule has 40 heavy (non-hydrogen) atoms. The van der Waals surface area contributed by atoms with Gasteiger partial charge in [-0.2, -0.15) is 10.1 Å². The van der Waals surface area contributed by atoms with E-state index >= 15 is 0 Å². The van der Waals surface area contributed by atoms with Gasteiger partial charge in [0.25, 0.3) is 5.91 Å². The molecule has 8 nitrogen and oxygen atoms in total. The molecular weight excluding hydrogens is 638 g/mol. The molecular formula is C30H29Br2N5O3. The zero-order valence-corrected chi connectivity index (χ0v) is 25.8. The molecule has 206 valence electrons. The van der Waals surface area contributed by atoms with E-state index in [1.165, 1.54) is 6.33 Å². The summed E-state index contributed by atoms with van der Waals surface area (Å²) in [4.78, 5) is 18.2. The molecule has 0 aliphatic carbocycles. The maximum atomic E-state index is 13.9. The van der Waals surface area contributed by atoms with E-state index in [0.717, 1.165) is 32.4 Å². The smallest absolute Gasteiger partial charge is 0.255 e. The predicted molar refractivity (Wildman–Crippen MR) is 163 cm³/mol. The third-order valence-corrected chi connectivity index (χ3v) is 7.89. The van der Waals surface area contributed by atoms with E-state index in [-0.39, 0.29) is 5.91 Å². The van der Waals surface area contributed by atoms with Gasteiger partial charge in [-0.25, -0.2) is 4.68 Å². The molecule has 3 aromatic carbocycles. The molecule has 1 aromatic heterocycles. The van der Waals surface area contributed by atoms with E-state index in [2.05, 4.69) is 52.6 Å². The van der Waals surface area contributed by atoms with Gasteiger partial charge in [-0.05, 0) is 96.2 Å². The van der Waals surface area contributed by atoms with Crippen molar-refractivity contribution in [1.29, 1.82) is 0 Å². The van der Waals surface area contributed by atoms with Crippen molar-refractivity contribution < 1.29 is 14.3 Å². The van der Waals surface area contributed by atoms with Gasteiger partial charge in [0.15, 0.2) is 11.5 Å². The Kier molecular flexibility index (Phi) is 8.27. The number of anilines is 2. The van der Waals surface area contributed by atoms with E-state index in [4.69, 9.17) is 9.47 Å². The maximum absolute atomic E-state index is 13.9. The number of carbonyl (C=O) groups is 1. The largest absolute Gasteiger partial charge is 0.490 e. The van der Waals surface area contributed by atoms with Crippen LogP contribution >= 0.6 is 31.9 Å². The van der Waals surface area contributed by atoms with Crippen molar-refractivity contribution in [2.75, 3.05) is 17.2 Å². The molecule has 0 fully saturated rings. The highest BCUT2D eigenvalue weighted by Crippen LogP contribution is 2.43. The molecule has 1 atom stereocenters. The monoisotopic (exact) mass is 665 g/mol. The van der Waals surface area contributed by atoms with Crippen molar-refractivity contribution in [3.63, 3.8) is 0 Å². The molecule has 1 aliphatic rings. The average Bonchev–Trinajstić information content (AvgIpc) is 3.38. The van der Waals surface area contributed by atoms with Crippen molar-refractivity contribution in [2.45, 2.75) is 40.3 Å². The number of aryl methyl sites for hydroxylation is 1. The van der Waals surface area contributed by atoms with E-state index in [9.17, 15) is 4.79 Å². The number of aromatic nitrogens is 3. The zero-order valence-electron chi connectivity index (χ0n) is 22.6. The lowest BCUT2D eigenvalue weighted by Gasteiger charge is -2.29. The molecule has 1 amide bonds. The Labute approximate surface area is 250 Å². The Hall–Kier alpha value is -3.63. The number of ether oxygens (including phenoxy) is 2. The number of benzene rings is 3. The number of fused-ring (bicyclic) bond motifs is 1. The van der Waals surface area contributed by atoms with Crippen molar-refractivity contribution in [3.8, 4) is 11.5 Å². The molecule has 0 saturated carbocycles. The second kappa shape index (κ2) is 11.9. The SMILES string of the molecule is CCOc1cc(C2C(C(=O)Nc3cccc(C)c3C)=C(C)Nc3ncnn32)cc(Br)c1OCc1cccc(Br)c1. The Morgan fingerprint density at radius 3 is 2.65 bits per heavy atom. The number of amides is 1. The number of rotatable bonds is 8. The van der Waals surface area contributed by atoms with Crippen molar-refractivity contribution in [2.24, 2.45) is 0 Å². The van der Waals surface area contributed by atoms with Gasteiger partial charge in [0.1, 0.15) is 19.0 Å². The minimum Gasteiger partial charge on any atom is -0.490 e. The van der Waals surface area contributed by atoms with Gasteiger partial charge in [0.05, 0.1) is 16.7 Å². The van der Waals surface area contributed by atoms with Gasteiger partial charge < -0.3 is 20.1 Å². The van der Waals surface area contributed by atoms with Crippen LogP contribution in [-0.2, 0) is 11.4 Å². The number of hydrogen-bond donors (Lipinski definition) is 2. The van der Waals surface area contributed by atoms with Crippen LogP contribution in [0.2, 0.25) is 0 Å². The summed E-state index contributed by atoms with van der Waals surface area (Å²) >= 11 is 7.22. The summed E-state index contributed by atoms with van der Waals surface area (Å²) in [6.07, 6.45) is 1.47. The third-order valence-electron chi connectivity index (χ3n) is 6.81. The summed E-state index contributed by atoms with van der Waals surface area (Å²) in [5.74, 6) is 1.47. The minimum atomic E-state index is -0.557. The number of halogens is 2. The van der Waals surface area contributed by atoms with Crippen LogP contribution in [0.15, 0.2) is 81.1 Å². The maximum Gasteiger partial charge on any atom is 0.255 e. The van der Waals surface area contributed by atoms with Crippen LogP contribution < -0.4 is 20.1 Å². The molecule has 2 heterocycles. The lowest BCUT2D eigenvalue weighted by atomic mass is 9.94. The number of hydrogen-bond acceptors (Lipinski definition) is 6. The van der Waals surface area contributed by atoms with E-state index in [0.29, 0.717) is 46.4 Å². The second-order valence-electron chi connectivity index (χ2n) is 9.48. The summed E-state index contributed by atoms with van der Waals surface area (Å²) in [6.45, 7) is 8.62. The Bertz CT molecular complexity index is 1610. The molecule has 1 aliphatic heterocycles. The normalized spacial score (nSPS) is 14.4. The zero-order chi connectivity index (χ0) is 28.4. The second-order valence-corrected chi connectivity index (χ2v) is 11.2. The van der Waals surface area contributed by atoms with Crippen LogP contribution in [0.25, 0.3) is 0 Å². The first-order valence-corrected chi connectivity index (χ1v) is 14.4. The number of nitrogens with one attached hydrogen (secondary N) is 2. The topological polar surface area (TPSA) is 90.3 Å². The van der Waals surface area contributed by atoms with Crippen LogP contribution in [0.3, 0.4) is 0 Å². The average molecular weight is 667 g/mol. The van der Waals surface area contributed by atoms with Crippen molar-refractivity contribution >= 4 is 49.4 Å². The van der Waals surface area contributed by atoms with E-state index in [1.807, 2.05) is 82.3 Å². The Balaban J connectivity index is 1.54. The summed E-state index contributed by atoms with van der Waals surface area (Å²) < 4.78 is 15.7. The summed E-state index contributed by atoms with van der Waals surface area (Å²) in [6, 6.07) is 17.1. The molecule has 0 spiro atoms. The lowest BCUT2D eigenvalue weighted by Crippen LogP contribution is -2.31. The molecule has 1 unspecified atom stereocenters. The quantitative estimate of drug-likeness (QED) is 0.205. The van der Waals surface area contributed by atoms with E-state index < -0.39 is 6.04 Å². The van der Waals surface area contributed by atoms with Crippen LogP contribution in [0.4, 0.5) is 11.6 Å². The fourth-order valence-corrected chi connectivity index (χ4v) is 5.72. The van der Waals surface area contributed by atoms with Crippen LogP contribution in [-0.4, -0.2) is 27.3 Å². The van der Waals surface area contributed by atoms with Gasteiger partial charge in [0.2, 0.25) is 5.95 Å². The summed E-state index contributed by atoms with van der Waals surface area (Å²) in [5, 5.41) is 10.8. The first-order chi connectivity index (χ1) is 19.3. The van der Waals surface area contributed by atoms with Gasteiger partial charge in [-0.3, -0.25) is 4.79 Å². The van der Waals surface area contributed by atoms with Crippen molar-refractivity contribution in [1.82, 2.24) is 14.8 Å². The molecule has 0 saturated heterocycles. The van der Waals surface area contributed by atoms with Crippen molar-refractivity contribution in [3.05, 3.63) is 103 Å². The predicted octanol–water partition coefficient (Wildman–Crippen LogP) is 7.33. The number of carbonyl (C=O) groups excluding carboxylic acids is 1. The summed E-state index contributed by atoms with van der Waals surface area (Å²) in [7, 11) is 0. The number of allylic oxidation sites excluding steroid dienone is 1. The molecule has 5 rings (SSSR count). The fourth-order valence-electron chi connectivity index (χ4n) is 4.70. The van der Waals surface area contributed by atoms with Gasteiger partial charge in [-0.1, -0.05) is 40.2 Å². The third kappa shape index (κ3) is 5.64. The molecule has 0 bridgehead atoms. The lowest BCUT2D eigenvalue weighted by molar-refractivity contribution is -0.113. The number of nitrogens with zero attached hydrogens (tertiary/aromatic N) is 3. The standard InChI is InChI=1S/C30H29Br2N5O3/c1-5-39-25-14-21(13-23(32)28(25)40-15-20-9-7-10-22(31)12-20)27-26(19(4)35-30-33-16-34-37(27)30)29(38)36-24-11-6-8-17(2)18(24)3/h6-14,16,27H,5,15H2,1-4H3,(H,36,38)(H,33,34,35). The Morgan fingerprint density at radius 2 is 1.88 bits per heavy atom. The van der Waals surface area contributed by atoms with Gasteiger partial charge in [-0.15, -0.1) is 0 Å². The highest BCUT2D eigenvalue weighted by atomic mass is 79.9. The molecule has 0 radical (unpaired) electrons. The van der Waals surface area contributed by atoms with E-state index in [1.54, 1.807) is 4.68 Å². The fraction of sp³-hybridized carbons (Fsp3) is 0.233. The highest BCUT2D eigenvalue weighted by molar-refractivity contribution is 9.10. The summed E-state index contributed by atoms with van der Waals surface area (Å²) in [5.41, 5.74) is 5.91. The van der Waals surface area contributed by atoms with Crippen LogP contribution in [0.5, 0.6) is 11.5 Å². The van der Waals surface area contributed by atoms with Crippen LogP contribution in [0.1, 0.15) is 42.1 Å². The highest BCUT2D eigenvalue weighted by Gasteiger charge is 2.34. The molecule has 4 aromatic rings. The van der Waals surface area contributed by atoms with Gasteiger partial charge in [0, 0.05) is 15.9 Å². The van der Waals surface area contributed by atoms with Crippen LogP contribution in [0, 0.1) is 13.8 Å². The Morgan fingerprint density at radius 1 is 1.07 bits per heavy atom. The first kappa shape index (κ1) is 27.9. The first-order valence-electron chi connectivity index (χ1n) is 12.8.